The summed E-state index contributed by atoms with van der Waals surface area (Å²) in [7, 11) is 0. The summed E-state index contributed by atoms with van der Waals surface area (Å²) in [5, 5.41) is 12.2. The molecule has 2 aromatic rings. The van der Waals surface area contributed by atoms with Gasteiger partial charge in [0.15, 0.2) is 0 Å². The predicted octanol–water partition coefficient (Wildman–Crippen LogP) is 4.12. The van der Waals surface area contributed by atoms with Crippen molar-refractivity contribution < 1.29 is 24.2 Å². The molecule has 5 atom stereocenters. The van der Waals surface area contributed by atoms with Crippen molar-refractivity contribution >= 4 is 18.0 Å². The molecular weight excluding hydrogens is 444 g/mol. The highest BCUT2D eigenvalue weighted by atomic mass is 16.5. The Balaban J connectivity index is 1.24. The molecule has 0 radical (unpaired) electrons. The largest absolute Gasteiger partial charge is 0.481 e. The Morgan fingerprint density at radius 1 is 1.06 bits per heavy atom. The average molecular weight is 477 g/mol. The fourth-order valence-electron chi connectivity index (χ4n) is 5.95. The monoisotopic (exact) mass is 476 g/mol. The number of nitrogens with one attached hydrogen (secondary N) is 1. The van der Waals surface area contributed by atoms with Gasteiger partial charge in [0.1, 0.15) is 12.6 Å². The molecule has 1 saturated heterocycles. The molecule has 0 bridgehead atoms. The minimum absolute atomic E-state index is 0.0252. The van der Waals surface area contributed by atoms with E-state index in [-0.39, 0.29) is 42.1 Å². The van der Waals surface area contributed by atoms with Crippen LogP contribution >= 0.6 is 0 Å². The van der Waals surface area contributed by atoms with Crippen molar-refractivity contribution in [3.05, 3.63) is 59.7 Å². The molecule has 2 amide bonds. The molecule has 1 aliphatic heterocycles. The lowest BCUT2D eigenvalue weighted by Gasteiger charge is -2.32. The van der Waals surface area contributed by atoms with Gasteiger partial charge in [-0.2, -0.15) is 0 Å². The molecule has 184 valence electrons. The van der Waals surface area contributed by atoms with Crippen molar-refractivity contribution in [1.82, 2.24) is 10.2 Å². The van der Waals surface area contributed by atoms with Crippen molar-refractivity contribution in [3.63, 3.8) is 0 Å². The second-order valence-electron chi connectivity index (χ2n) is 10.1. The first-order valence-corrected chi connectivity index (χ1v) is 12.5. The number of carboxylic acid groups (broad SMARTS) is 1. The Morgan fingerprint density at radius 2 is 1.69 bits per heavy atom. The first-order valence-electron chi connectivity index (χ1n) is 12.5. The second kappa shape index (κ2) is 9.36. The van der Waals surface area contributed by atoms with Crippen LogP contribution in [0, 0.1) is 23.7 Å². The molecule has 1 heterocycles. The van der Waals surface area contributed by atoms with Gasteiger partial charge in [-0.05, 0) is 46.4 Å². The zero-order chi connectivity index (χ0) is 24.7. The van der Waals surface area contributed by atoms with Crippen LogP contribution in [0.1, 0.15) is 43.7 Å². The molecule has 2 fully saturated rings. The van der Waals surface area contributed by atoms with Crippen molar-refractivity contribution in [1.29, 1.82) is 0 Å². The number of fused-ring (bicyclic) bond motifs is 4. The van der Waals surface area contributed by atoms with Crippen LogP contribution < -0.4 is 5.32 Å². The van der Waals surface area contributed by atoms with Gasteiger partial charge in [0.25, 0.3) is 0 Å². The summed E-state index contributed by atoms with van der Waals surface area (Å²) >= 11 is 0. The predicted molar refractivity (Wildman–Crippen MR) is 131 cm³/mol. The summed E-state index contributed by atoms with van der Waals surface area (Å²) in [6.07, 6.45) is 0.818. The highest BCUT2D eigenvalue weighted by molar-refractivity contribution is 5.86. The van der Waals surface area contributed by atoms with E-state index < -0.39 is 18.1 Å². The molecule has 2 aromatic carbocycles. The first-order chi connectivity index (χ1) is 16.9. The van der Waals surface area contributed by atoms with Crippen LogP contribution in [-0.4, -0.2) is 53.7 Å². The lowest BCUT2D eigenvalue weighted by Crippen LogP contribution is -2.53. The third-order valence-electron chi connectivity index (χ3n) is 8.19. The zero-order valence-electron chi connectivity index (χ0n) is 20.1. The molecule has 2 N–H and O–H groups in total. The van der Waals surface area contributed by atoms with E-state index in [0.29, 0.717) is 19.5 Å². The summed E-state index contributed by atoms with van der Waals surface area (Å²) in [4.78, 5) is 39.4. The molecule has 7 heteroatoms. The summed E-state index contributed by atoms with van der Waals surface area (Å²) in [6.45, 7) is 5.09. The maximum Gasteiger partial charge on any atom is 0.407 e. The fourth-order valence-corrected chi connectivity index (χ4v) is 5.95. The molecule has 7 nitrogen and oxygen atoms in total. The topological polar surface area (TPSA) is 95.9 Å². The van der Waals surface area contributed by atoms with E-state index >= 15 is 0 Å². The molecule has 3 aliphatic rings. The van der Waals surface area contributed by atoms with Crippen LogP contribution in [0.4, 0.5) is 4.79 Å². The maximum absolute atomic E-state index is 13.4. The maximum atomic E-state index is 13.4. The van der Waals surface area contributed by atoms with Gasteiger partial charge in [0.2, 0.25) is 5.91 Å². The summed E-state index contributed by atoms with van der Waals surface area (Å²) in [6, 6.07) is 15.6. The van der Waals surface area contributed by atoms with E-state index in [1.807, 2.05) is 38.1 Å². The number of carbonyl (C=O) groups is 3. The number of likely N-dealkylation sites (tertiary alicyclic amines) is 1. The molecule has 0 spiro atoms. The van der Waals surface area contributed by atoms with E-state index in [2.05, 4.69) is 29.6 Å². The Labute approximate surface area is 205 Å². The van der Waals surface area contributed by atoms with Gasteiger partial charge < -0.3 is 20.1 Å². The van der Waals surface area contributed by atoms with E-state index in [0.717, 1.165) is 28.7 Å². The molecule has 3 unspecified atom stereocenters. The average Bonchev–Trinajstić information content (AvgIpc) is 3.52. The van der Waals surface area contributed by atoms with E-state index in [9.17, 15) is 19.5 Å². The normalized spacial score (nSPS) is 23.9. The van der Waals surface area contributed by atoms with Crippen LogP contribution in [0.3, 0.4) is 0 Å². The van der Waals surface area contributed by atoms with Crippen LogP contribution in [0.5, 0.6) is 0 Å². The number of hydrogen-bond acceptors (Lipinski definition) is 4. The van der Waals surface area contributed by atoms with Crippen molar-refractivity contribution in [2.45, 2.75) is 38.6 Å². The van der Waals surface area contributed by atoms with Crippen molar-refractivity contribution in [3.8, 4) is 11.1 Å². The summed E-state index contributed by atoms with van der Waals surface area (Å²) < 4.78 is 5.68. The highest BCUT2D eigenvalue weighted by Crippen LogP contribution is 2.51. The smallest absolute Gasteiger partial charge is 0.407 e. The molecule has 2 aliphatic carbocycles. The lowest BCUT2D eigenvalue weighted by atomic mass is 9.97. The molecule has 5 rings (SSSR count). The molecular formula is C28H32N2O5. The van der Waals surface area contributed by atoms with Crippen LogP contribution in [0.2, 0.25) is 0 Å². The second-order valence-corrected chi connectivity index (χ2v) is 10.1. The summed E-state index contributed by atoms with van der Waals surface area (Å²) in [5.41, 5.74) is 4.59. The van der Waals surface area contributed by atoms with Crippen LogP contribution in [0.25, 0.3) is 11.1 Å². The lowest BCUT2D eigenvalue weighted by molar-refractivity contribution is -0.139. The number of rotatable bonds is 7. The number of piperidine rings is 1. The standard InChI is InChI=1S/C28H32N2O5/c1-3-16(2)25(26(31)30-13-12-21-22(14-30)24(21)27(32)33)29-28(34)35-15-23-19-10-6-4-8-17(19)18-9-5-7-11-20(18)23/h4-11,16,21-25H,3,12-15H2,1-2H3,(H,29,34)(H,32,33)/t16?,21-,22+,24?,25?/m0/s1. The Morgan fingerprint density at radius 3 is 2.29 bits per heavy atom. The molecule has 0 aromatic heterocycles. The van der Waals surface area contributed by atoms with Gasteiger partial charge in [-0.3, -0.25) is 9.59 Å². The number of amides is 2. The number of ether oxygens (including phenoxy) is 1. The van der Waals surface area contributed by atoms with Crippen LogP contribution in [0.15, 0.2) is 48.5 Å². The van der Waals surface area contributed by atoms with E-state index in [1.54, 1.807) is 4.90 Å². The van der Waals surface area contributed by atoms with E-state index in [4.69, 9.17) is 4.74 Å². The quantitative estimate of drug-likeness (QED) is 0.627. The van der Waals surface area contributed by atoms with E-state index in [1.165, 1.54) is 0 Å². The number of aliphatic carboxylic acids is 1. The third kappa shape index (κ3) is 4.28. The summed E-state index contributed by atoms with van der Waals surface area (Å²) in [5.74, 6) is -1.19. The fraction of sp³-hybridized carbons (Fsp3) is 0.464. The van der Waals surface area contributed by atoms with Crippen molar-refractivity contribution in [2.75, 3.05) is 19.7 Å². The minimum atomic E-state index is -0.774. The SMILES string of the molecule is CCC(C)C(NC(=O)OCC1c2ccccc2-c2ccccc21)C(=O)N1CC[C@@H]2C(C(=O)O)[C@@H]2C1. The number of carboxylic acids is 1. The van der Waals surface area contributed by atoms with Gasteiger partial charge >= 0.3 is 12.1 Å². The minimum Gasteiger partial charge on any atom is -0.481 e. The van der Waals surface area contributed by atoms with Crippen molar-refractivity contribution in [2.24, 2.45) is 23.7 Å². The zero-order valence-corrected chi connectivity index (χ0v) is 20.1. The number of nitrogens with zero attached hydrogens (tertiary/aromatic N) is 1. The van der Waals surface area contributed by atoms with Gasteiger partial charge in [0.05, 0.1) is 5.92 Å². The number of carbonyl (C=O) groups excluding carboxylic acids is 2. The number of benzene rings is 2. The first kappa shape index (κ1) is 23.4. The van der Waals surface area contributed by atoms with Gasteiger partial charge in [-0.15, -0.1) is 0 Å². The Bertz CT molecular complexity index is 1100. The number of hydrogen-bond donors (Lipinski definition) is 2. The Kier molecular flexibility index (Phi) is 6.26. The van der Waals surface area contributed by atoms with Gasteiger partial charge in [-0.1, -0.05) is 68.8 Å². The van der Waals surface area contributed by atoms with Gasteiger partial charge in [0, 0.05) is 19.0 Å². The van der Waals surface area contributed by atoms with Gasteiger partial charge in [-0.25, -0.2) is 4.79 Å². The van der Waals surface area contributed by atoms with Crippen LogP contribution in [-0.2, 0) is 14.3 Å². The molecule has 35 heavy (non-hydrogen) atoms. The third-order valence-corrected chi connectivity index (χ3v) is 8.19. The Hall–Kier alpha value is -3.35. The number of alkyl carbamates (subject to hydrolysis) is 1. The molecule has 1 saturated carbocycles. The highest BCUT2D eigenvalue weighted by Gasteiger charge is 2.57.